The zero-order chi connectivity index (χ0) is 20.5. The van der Waals surface area contributed by atoms with Crippen LogP contribution in [0.25, 0.3) is 22.4 Å². The van der Waals surface area contributed by atoms with Gasteiger partial charge in [-0.2, -0.15) is 0 Å². The number of aliphatic imine (C=N–C) groups is 1. The zero-order valence-corrected chi connectivity index (χ0v) is 19.5. The van der Waals surface area contributed by atoms with Crippen molar-refractivity contribution < 1.29 is 4.48 Å². The number of aryl methyl sites for hydroxylation is 2. The van der Waals surface area contributed by atoms with E-state index in [1.807, 2.05) is 6.21 Å². The van der Waals surface area contributed by atoms with E-state index in [4.69, 9.17) is 9.98 Å². The molecular weight excluding hydrogens is 471 g/mol. The molecule has 0 spiro atoms. The van der Waals surface area contributed by atoms with E-state index >= 15 is 0 Å². The van der Waals surface area contributed by atoms with Crippen LogP contribution < -0.4 is 0 Å². The highest BCUT2D eigenvalue weighted by atomic mass is 127. The quantitative estimate of drug-likeness (QED) is 0.328. The third kappa shape index (κ3) is 2.74. The van der Waals surface area contributed by atoms with E-state index in [1.54, 1.807) is 0 Å². The van der Waals surface area contributed by atoms with Gasteiger partial charge in [0.1, 0.15) is 11.5 Å². The summed E-state index contributed by atoms with van der Waals surface area (Å²) in [7, 11) is 6.60. The SMILES string of the molecule is Cc1c(-c2nc3c(C)cc(I)cc3n2C)ccc2c1C1C(=CC=C[N+]1(C)C)N=C2. The maximum absolute atomic E-state index is 5.07. The maximum Gasteiger partial charge on any atom is 0.162 e. The second-order valence-corrected chi connectivity index (χ2v) is 9.79. The van der Waals surface area contributed by atoms with Crippen molar-refractivity contribution in [3.8, 4) is 11.4 Å². The Morgan fingerprint density at radius 3 is 2.72 bits per heavy atom. The summed E-state index contributed by atoms with van der Waals surface area (Å²) < 4.78 is 4.23. The molecule has 0 amide bonds. The summed E-state index contributed by atoms with van der Waals surface area (Å²) in [4.78, 5) is 9.82. The van der Waals surface area contributed by atoms with E-state index in [2.05, 4.69) is 105 Å². The molecular formula is C24H24IN4+. The van der Waals surface area contributed by atoms with Crippen molar-refractivity contribution in [1.29, 1.82) is 0 Å². The third-order valence-corrected chi connectivity index (χ3v) is 6.86. The summed E-state index contributed by atoms with van der Waals surface area (Å²) in [5, 5.41) is 0. The van der Waals surface area contributed by atoms with E-state index < -0.39 is 0 Å². The lowest BCUT2D eigenvalue weighted by Crippen LogP contribution is -2.41. The zero-order valence-electron chi connectivity index (χ0n) is 17.4. The van der Waals surface area contributed by atoms with Crippen LogP contribution in [-0.4, -0.2) is 34.3 Å². The number of allylic oxidation sites excluding steroid dienone is 2. The lowest BCUT2D eigenvalue weighted by molar-refractivity contribution is -0.866. The van der Waals surface area contributed by atoms with Gasteiger partial charge in [0.15, 0.2) is 6.04 Å². The van der Waals surface area contributed by atoms with Gasteiger partial charge in [-0.05, 0) is 71.9 Å². The molecule has 0 aliphatic carbocycles. The summed E-state index contributed by atoms with van der Waals surface area (Å²) in [5.41, 5.74) is 9.66. The van der Waals surface area contributed by atoms with Gasteiger partial charge in [-0.25, -0.2) is 4.98 Å². The van der Waals surface area contributed by atoms with Gasteiger partial charge in [-0.1, -0.05) is 12.1 Å². The molecule has 0 saturated carbocycles. The molecule has 0 fully saturated rings. The van der Waals surface area contributed by atoms with Crippen LogP contribution in [0, 0.1) is 17.4 Å². The molecule has 1 aromatic heterocycles. The van der Waals surface area contributed by atoms with Crippen molar-refractivity contribution in [3.63, 3.8) is 0 Å². The minimum Gasteiger partial charge on any atom is -0.327 e. The molecule has 1 unspecified atom stereocenters. The second kappa shape index (κ2) is 6.37. The van der Waals surface area contributed by atoms with Gasteiger partial charge < -0.3 is 4.57 Å². The summed E-state index contributed by atoms with van der Waals surface area (Å²) in [6, 6.07) is 9.02. The van der Waals surface area contributed by atoms with E-state index in [0.29, 0.717) is 0 Å². The first kappa shape index (κ1) is 18.8. The Morgan fingerprint density at radius 2 is 1.93 bits per heavy atom. The Bertz CT molecular complexity index is 1270. The Hall–Kier alpha value is -2.25. The van der Waals surface area contributed by atoms with Crippen LogP contribution in [0.15, 0.2) is 53.3 Å². The van der Waals surface area contributed by atoms with Crippen molar-refractivity contribution in [1.82, 2.24) is 9.55 Å². The van der Waals surface area contributed by atoms with Gasteiger partial charge in [-0.3, -0.25) is 9.48 Å². The first-order valence-electron chi connectivity index (χ1n) is 9.81. The second-order valence-electron chi connectivity index (χ2n) is 8.55. The number of imidazole rings is 1. The lowest BCUT2D eigenvalue weighted by Gasteiger charge is -2.39. The minimum atomic E-state index is 0.206. The Morgan fingerprint density at radius 1 is 1.14 bits per heavy atom. The van der Waals surface area contributed by atoms with E-state index in [9.17, 15) is 0 Å². The van der Waals surface area contributed by atoms with E-state index in [1.165, 1.54) is 36.9 Å². The van der Waals surface area contributed by atoms with Gasteiger partial charge in [-0.15, -0.1) is 0 Å². The Kier molecular flexibility index (Phi) is 4.12. The Balaban J connectivity index is 1.77. The number of hydrogen-bond donors (Lipinski definition) is 0. The monoisotopic (exact) mass is 495 g/mol. The Labute approximate surface area is 185 Å². The van der Waals surface area contributed by atoms with Crippen LogP contribution >= 0.6 is 22.6 Å². The fourth-order valence-corrected chi connectivity index (χ4v) is 5.50. The summed E-state index contributed by atoms with van der Waals surface area (Å²) in [6.45, 7) is 4.38. The molecule has 5 heteroatoms. The molecule has 0 bridgehead atoms. The number of likely N-dealkylation sites (N-methyl/N-ethyl adjacent to an activating group) is 1. The van der Waals surface area contributed by atoms with Gasteiger partial charge in [0.05, 0.1) is 31.3 Å². The molecule has 1 atom stereocenters. The fourth-order valence-electron chi connectivity index (χ4n) is 4.74. The third-order valence-electron chi connectivity index (χ3n) is 6.24. The number of fused-ring (bicyclic) bond motifs is 4. The standard InChI is InChI=1S/C24H24IN4/c1-14-11-17(25)12-20-22(14)27-24(28(20)3)18-9-8-16-13-26-19-7-6-10-29(4,5)23(19)21(16)15(18)2/h6-13,23H,1-5H3/q+1. The van der Waals surface area contributed by atoms with Crippen LogP contribution in [-0.2, 0) is 7.05 Å². The van der Waals surface area contributed by atoms with Crippen molar-refractivity contribution in [2.75, 3.05) is 14.1 Å². The number of aromatic nitrogens is 2. The van der Waals surface area contributed by atoms with Crippen LogP contribution in [0.4, 0.5) is 0 Å². The molecule has 146 valence electrons. The van der Waals surface area contributed by atoms with Crippen molar-refractivity contribution in [2.24, 2.45) is 12.0 Å². The van der Waals surface area contributed by atoms with Crippen LogP contribution in [0.3, 0.4) is 0 Å². The maximum atomic E-state index is 5.07. The van der Waals surface area contributed by atoms with Crippen molar-refractivity contribution in [3.05, 3.63) is 74.1 Å². The largest absolute Gasteiger partial charge is 0.327 e. The van der Waals surface area contributed by atoms with E-state index in [-0.39, 0.29) is 6.04 Å². The number of nitrogens with zero attached hydrogens (tertiary/aromatic N) is 4. The highest BCUT2D eigenvalue weighted by Crippen LogP contribution is 2.43. The van der Waals surface area contributed by atoms with Gasteiger partial charge in [0, 0.05) is 33.5 Å². The molecule has 0 saturated heterocycles. The molecule has 29 heavy (non-hydrogen) atoms. The highest BCUT2D eigenvalue weighted by molar-refractivity contribution is 14.1. The predicted octanol–water partition coefficient (Wildman–Crippen LogP) is 5.42. The molecule has 2 aliphatic heterocycles. The number of halogens is 1. The van der Waals surface area contributed by atoms with Crippen LogP contribution in [0.5, 0.6) is 0 Å². The van der Waals surface area contributed by atoms with Gasteiger partial charge in [0.25, 0.3) is 0 Å². The van der Waals surface area contributed by atoms with Gasteiger partial charge in [0.2, 0.25) is 0 Å². The molecule has 2 aromatic carbocycles. The lowest BCUT2D eigenvalue weighted by atomic mass is 9.86. The molecule has 0 radical (unpaired) electrons. The highest BCUT2D eigenvalue weighted by Gasteiger charge is 2.38. The molecule has 0 N–H and O–H groups in total. The summed E-state index contributed by atoms with van der Waals surface area (Å²) >= 11 is 2.38. The molecule has 5 rings (SSSR count). The topological polar surface area (TPSA) is 30.2 Å². The van der Waals surface area contributed by atoms with E-state index in [0.717, 1.165) is 21.5 Å². The number of quaternary nitrogens is 1. The molecule has 3 aromatic rings. The number of hydrogen-bond acceptors (Lipinski definition) is 2. The van der Waals surface area contributed by atoms with Crippen LogP contribution in [0.1, 0.15) is 28.3 Å². The van der Waals surface area contributed by atoms with Crippen molar-refractivity contribution in [2.45, 2.75) is 19.9 Å². The summed E-state index contributed by atoms with van der Waals surface area (Å²) in [6.07, 6.45) is 8.50. The number of rotatable bonds is 1. The predicted molar refractivity (Wildman–Crippen MR) is 128 cm³/mol. The molecule has 3 heterocycles. The minimum absolute atomic E-state index is 0.206. The smallest absolute Gasteiger partial charge is 0.162 e. The average molecular weight is 495 g/mol. The normalized spacial score (nSPS) is 19.2. The first-order valence-corrected chi connectivity index (χ1v) is 10.9. The summed E-state index contributed by atoms with van der Waals surface area (Å²) in [5.74, 6) is 1.02. The average Bonchev–Trinajstić information content (AvgIpc) is 2.98. The molecule has 2 aliphatic rings. The van der Waals surface area contributed by atoms with Gasteiger partial charge >= 0.3 is 0 Å². The molecule has 4 nitrogen and oxygen atoms in total. The number of benzene rings is 2. The van der Waals surface area contributed by atoms with Crippen molar-refractivity contribution >= 4 is 39.8 Å². The fraction of sp³-hybridized carbons (Fsp3) is 0.250. The first-order chi connectivity index (χ1) is 13.8. The van der Waals surface area contributed by atoms with Crippen LogP contribution in [0.2, 0.25) is 0 Å².